The van der Waals surface area contributed by atoms with Crippen molar-refractivity contribution in [3.05, 3.63) is 101 Å². The average molecular weight is 436 g/mol. The molecule has 0 radical (unpaired) electrons. The number of hydrogen-bond donors (Lipinski definition) is 0. The first-order valence-electron chi connectivity index (χ1n) is 10.2. The zero-order valence-corrected chi connectivity index (χ0v) is 17.5. The summed E-state index contributed by atoms with van der Waals surface area (Å²) >= 11 is 0. The average Bonchev–Trinajstić information content (AvgIpc) is 3.27. The van der Waals surface area contributed by atoms with Crippen molar-refractivity contribution in [2.75, 3.05) is 13.7 Å². The number of rotatable bonds is 7. The van der Waals surface area contributed by atoms with E-state index >= 15 is 0 Å². The number of carbonyl (C=O) groups is 1. The van der Waals surface area contributed by atoms with Crippen LogP contribution >= 0.6 is 0 Å². The summed E-state index contributed by atoms with van der Waals surface area (Å²) < 4.78 is 32.2. The molecule has 1 heterocycles. The fraction of sp³-hybridized carbons (Fsp3) is 0.200. The summed E-state index contributed by atoms with van der Waals surface area (Å²) in [6.07, 6.45) is 0.0922. The minimum Gasteiger partial charge on any atom is -0.497 e. The molecule has 5 nitrogen and oxygen atoms in total. The van der Waals surface area contributed by atoms with Crippen LogP contribution in [0.2, 0.25) is 0 Å². The molecular formula is C25H22F2N2O3. The molecule has 3 aromatic rings. The Morgan fingerprint density at radius 2 is 1.84 bits per heavy atom. The van der Waals surface area contributed by atoms with Crippen molar-refractivity contribution in [3.63, 3.8) is 0 Å². The molecule has 164 valence electrons. The topological polar surface area (TPSA) is 51.1 Å². The summed E-state index contributed by atoms with van der Waals surface area (Å²) in [6.45, 7) is 0.541. The van der Waals surface area contributed by atoms with Crippen molar-refractivity contribution in [2.24, 2.45) is 5.16 Å². The Kier molecular flexibility index (Phi) is 6.44. The minimum atomic E-state index is -0.476. The molecule has 4 rings (SSSR count). The highest BCUT2D eigenvalue weighted by atomic mass is 19.1. The molecule has 0 aromatic heterocycles. The number of hydrogen-bond acceptors (Lipinski definition) is 4. The molecule has 1 aliphatic rings. The number of amides is 1. The molecule has 0 saturated heterocycles. The lowest BCUT2D eigenvalue weighted by Crippen LogP contribution is -2.37. The smallest absolute Gasteiger partial charge is 0.254 e. The van der Waals surface area contributed by atoms with Gasteiger partial charge in [0.15, 0.2) is 6.10 Å². The van der Waals surface area contributed by atoms with Gasteiger partial charge in [0.2, 0.25) is 0 Å². The molecule has 0 aliphatic carbocycles. The van der Waals surface area contributed by atoms with Gasteiger partial charge in [0.1, 0.15) is 17.4 Å². The number of oxime groups is 1. The number of halogens is 2. The van der Waals surface area contributed by atoms with E-state index in [1.54, 1.807) is 30.2 Å². The minimum absolute atomic E-state index is 0.251. The standard InChI is InChI=1S/C25H22F2N2O3/c1-31-22-7-2-4-17(12-22)15-29(25(30)19-5-3-6-21(27)13-19)16-23-14-24(28-32-23)18-8-10-20(26)11-9-18/h2-13,23H,14-16H2,1H3. The summed E-state index contributed by atoms with van der Waals surface area (Å²) in [5, 5.41) is 4.13. The summed E-state index contributed by atoms with van der Waals surface area (Å²) in [5.74, 6) is -0.433. The van der Waals surface area contributed by atoms with Gasteiger partial charge in [-0.05, 0) is 53.6 Å². The first-order chi connectivity index (χ1) is 15.5. The molecular weight excluding hydrogens is 414 g/mol. The highest BCUT2D eigenvalue weighted by Gasteiger charge is 2.27. The van der Waals surface area contributed by atoms with E-state index in [0.717, 1.165) is 11.1 Å². The number of methoxy groups -OCH3 is 1. The third-order valence-electron chi connectivity index (χ3n) is 5.20. The van der Waals surface area contributed by atoms with Crippen LogP contribution in [0.4, 0.5) is 8.78 Å². The van der Waals surface area contributed by atoms with Crippen LogP contribution < -0.4 is 4.74 Å². The first-order valence-corrected chi connectivity index (χ1v) is 10.2. The third-order valence-corrected chi connectivity index (χ3v) is 5.20. The van der Waals surface area contributed by atoms with Crippen LogP contribution in [-0.2, 0) is 11.4 Å². The number of benzene rings is 3. The van der Waals surface area contributed by atoms with Gasteiger partial charge in [-0.25, -0.2) is 8.78 Å². The van der Waals surface area contributed by atoms with E-state index < -0.39 is 5.82 Å². The van der Waals surface area contributed by atoms with Gasteiger partial charge < -0.3 is 14.5 Å². The normalized spacial score (nSPS) is 15.1. The molecule has 0 fully saturated rings. The van der Waals surface area contributed by atoms with Crippen molar-refractivity contribution in [2.45, 2.75) is 19.1 Å². The van der Waals surface area contributed by atoms with Crippen molar-refractivity contribution < 1.29 is 23.1 Å². The van der Waals surface area contributed by atoms with Crippen molar-refractivity contribution >= 4 is 11.6 Å². The number of nitrogens with zero attached hydrogens (tertiary/aromatic N) is 2. The lowest BCUT2D eigenvalue weighted by atomic mass is 10.0. The maximum atomic E-state index is 13.7. The maximum Gasteiger partial charge on any atom is 0.254 e. The summed E-state index contributed by atoms with van der Waals surface area (Å²) in [7, 11) is 1.58. The van der Waals surface area contributed by atoms with Crippen LogP contribution in [-0.4, -0.2) is 36.3 Å². The molecule has 0 N–H and O–H groups in total. The molecule has 3 aromatic carbocycles. The molecule has 0 spiro atoms. The molecule has 1 aliphatic heterocycles. The number of carbonyl (C=O) groups excluding carboxylic acids is 1. The Balaban J connectivity index is 1.52. The van der Waals surface area contributed by atoms with Crippen molar-refractivity contribution in [1.29, 1.82) is 0 Å². The summed E-state index contributed by atoms with van der Waals surface area (Å²) in [6, 6.07) is 19.0. The van der Waals surface area contributed by atoms with E-state index in [2.05, 4.69) is 5.16 Å². The van der Waals surface area contributed by atoms with Crippen molar-refractivity contribution in [3.8, 4) is 5.75 Å². The van der Waals surface area contributed by atoms with Gasteiger partial charge >= 0.3 is 0 Å². The molecule has 1 atom stereocenters. The largest absolute Gasteiger partial charge is 0.497 e. The summed E-state index contributed by atoms with van der Waals surface area (Å²) in [5.41, 5.74) is 2.58. The van der Waals surface area contributed by atoms with Crippen molar-refractivity contribution in [1.82, 2.24) is 4.90 Å². The second-order valence-electron chi connectivity index (χ2n) is 7.52. The summed E-state index contributed by atoms with van der Waals surface area (Å²) in [4.78, 5) is 20.4. The third kappa shape index (κ3) is 5.11. The molecule has 1 amide bonds. The maximum absolute atomic E-state index is 13.7. The van der Waals surface area contributed by atoms with Gasteiger partial charge in [-0.1, -0.05) is 35.5 Å². The number of ether oxygens (including phenoxy) is 1. The SMILES string of the molecule is COc1cccc(CN(CC2CC(c3ccc(F)cc3)=NO2)C(=O)c2cccc(F)c2)c1. The van der Waals surface area contributed by atoms with Gasteiger partial charge in [0.05, 0.1) is 19.4 Å². The lowest BCUT2D eigenvalue weighted by molar-refractivity contribution is 0.0405. The van der Waals surface area contributed by atoms with Crippen LogP contribution in [0.15, 0.2) is 78.0 Å². The van der Waals surface area contributed by atoms with E-state index in [-0.39, 0.29) is 36.5 Å². The van der Waals surface area contributed by atoms with Gasteiger partial charge in [-0.15, -0.1) is 0 Å². The van der Waals surface area contributed by atoms with Gasteiger partial charge in [-0.2, -0.15) is 0 Å². The Hall–Kier alpha value is -3.74. The van der Waals surface area contributed by atoms with Crippen LogP contribution in [0, 0.1) is 11.6 Å². The lowest BCUT2D eigenvalue weighted by Gasteiger charge is -2.25. The Labute approximate surface area is 184 Å². The molecule has 0 bridgehead atoms. The first kappa shape index (κ1) is 21.5. The van der Waals surface area contributed by atoms with Gasteiger partial charge in [-0.3, -0.25) is 4.79 Å². The second kappa shape index (κ2) is 9.60. The highest BCUT2D eigenvalue weighted by Crippen LogP contribution is 2.21. The predicted molar refractivity (Wildman–Crippen MR) is 117 cm³/mol. The van der Waals surface area contributed by atoms with Crippen LogP contribution in [0.5, 0.6) is 5.75 Å². The fourth-order valence-electron chi connectivity index (χ4n) is 3.60. The van der Waals surface area contributed by atoms with Crippen LogP contribution in [0.3, 0.4) is 0 Å². The quantitative estimate of drug-likeness (QED) is 0.534. The zero-order chi connectivity index (χ0) is 22.5. The predicted octanol–water partition coefficient (Wildman–Crippen LogP) is 4.81. The van der Waals surface area contributed by atoms with Gasteiger partial charge in [0, 0.05) is 18.5 Å². The molecule has 7 heteroatoms. The van der Waals surface area contributed by atoms with Crippen LogP contribution in [0.25, 0.3) is 0 Å². The molecule has 1 unspecified atom stereocenters. The van der Waals surface area contributed by atoms with E-state index in [9.17, 15) is 13.6 Å². The van der Waals surface area contributed by atoms with E-state index in [0.29, 0.717) is 17.9 Å². The monoisotopic (exact) mass is 436 g/mol. The zero-order valence-electron chi connectivity index (χ0n) is 17.5. The second-order valence-corrected chi connectivity index (χ2v) is 7.52. The fourth-order valence-corrected chi connectivity index (χ4v) is 3.60. The van der Waals surface area contributed by atoms with E-state index in [1.807, 2.05) is 24.3 Å². The molecule has 0 saturated carbocycles. The molecule has 32 heavy (non-hydrogen) atoms. The highest BCUT2D eigenvalue weighted by molar-refractivity contribution is 6.01. The Morgan fingerprint density at radius 3 is 2.59 bits per heavy atom. The Bertz CT molecular complexity index is 1130. The van der Waals surface area contributed by atoms with E-state index in [1.165, 1.54) is 30.3 Å². The van der Waals surface area contributed by atoms with E-state index in [4.69, 9.17) is 9.57 Å². The van der Waals surface area contributed by atoms with Gasteiger partial charge in [0.25, 0.3) is 5.91 Å². The van der Waals surface area contributed by atoms with Crippen LogP contribution in [0.1, 0.15) is 27.9 Å². The Morgan fingerprint density at radius 1 is 1.06 bits per heavy atom.